The smallest absolute Gasteiger partial charge is 0.0714 e. The lowest BCUT2D eigenvalue weighted by atomic mass is 9.67. The van der Waals surface area contributed by atoms with E-state index in [-0.39, 0.29) is 0 Å². The van der Waals surface area contributed by atoms with Crippen molar-refractivity contribution in [2.45, 2.75) is 5.41 Å². The fraction of sp³-hybridized carbons (Fsp3) is 0.0149. The lowest BCUT2D eigenvalue weighted by Gasteiger charge is -2.35. The van der Waals surface area contributed by atoms with Crippen molar-refractivity contribution in [1.29, 1.82) is 0 Å². The molecule has 11 aromatic rings. The summed E-state index contributed by atoms with van der Waals surface area (Å²) in [6, 6.07) is 104. The van der Waals surface area contributed by atoms with Crippen LogP contribution in [0.3, 0.4) is 0 Å². The van der Waals surface area contributed by atoms with Crippen molar-refractivity contribution in [3.05, 3.63) is 307 Å². The SMILES string of the molecule is c1ccc(-c2ccc(-c3ccc(N(c4ccc5c(c4)C(c4ccccc4)(c4ccccc4)c4ccccc4-5)c4c(-c5ccccc5)cc(-c5ccccc5)cc4-c4ccccc4)cc3)cc2)cc1. The van der Waals surface area contributed by atoms with Crippen molar-refractivity contribution >= 4 is 17.1 Å². The first-order valence-electron chi connectivity index (χ1n) is 23.5. The van der Waals surface area contributed by atoms with Gasteiger partial charge in [0.25, 0.3) is 0 Å². The van der Waals surface area contributed by atoms with E-state index in [1.807, 2.05) is 0 Å². The molecule has 320 valence electrons. The Balaban J connectivity index is 1.13. The minimum absolute atomic E-state index is 0.562. The lowest BCUT2D eigenvalue weighted by molar-refractivity contribution is 0.768. The maximum Gasteiger partial charge on any atom is 0.0714 e. The fourth-order valence-corrected chi connectivity index (χ4v) is 10.6. The van der Waals surface area contributed by atoms with E-state index >= 15 is 0 Å². The van der Waals surface area contributed by atoms with Crippen LogP contribution >= 0.6 is 0 Å². The molecular formula is C67H47N. The maximum atomic E-state index is 2.52. The third kappa shape index (κ3) is 7.13. The quantitative estimate of drug-likeness (QED) is 0.132. The second-order valence-corrected chi connectivity index (χ2v) is 17.6. The number of fused-ring (bicyclic) bond motifs is 3. The van der Waals surface area contributed by atoms with Crippen LogP contribution in [0.4, 0.5) is 17.1 Å². The minimum Gasteiger partial charge on any atom is -0.309 e. The van der Waals surface area contributed by atoms with E-state index in [1.165, 1.54) is 55.6 Å². The fourth-order valence-electron chi connectivity index (χ4n) is 10.6. The molecule has 1 aliphatic rings. The summed E-state index contributed by atoms with van der Waals surface area (Å²) in [5.74, 6) is 0. The summed E-state index contributed by atoms with van der Waals surface area (Å²) in [4.78, 5) is 2.52. The minimum atomic E-state index is -0.562. The summed E-state index contributed by atoms with van der Waals surface area (Å²) >= 11 is 0. The van der Waals surface area contributed by atoms with Gasteiger partial charge in [-0.3, -0.25) is 0 Å². The molecule has 1 heteroatoms. The van der Waals surface area contributed by atoms with E-state index < -0.39 is 5.41 Å². The zero-order valence-corrected chi connectivity index (χ0v) is 37.6. The van der Waals surface area contributed by atoms with Crippen molar-refractivity contribution in [2.75, 3.05) is 4.90 Å². The molecule has 0 saturated carbocycles. The number of hydrogen-bond acceptors (Lipinski definition) is 1. The van der Waals surface area contributed by atoms with Gasteiger partial charge in [0.05, 0.1) is 11.1 Å². The van der Waals surface area contributed by atoms with Gasteiger partial charge < -0.3 is 4.90 Å². The van der Waals surface area contributed by atoms with Gasteiger partial charge in [-0.2, -0.15) is 0 Å². The summed E-state index contributed by atoms with van der Waals surface area (Å²) in [6.07, 6.45) is 0. The third-order valence-electron chi connectivity index (χ3n) is 13.8. The Morgan fingerprint density at radius 3 is 1.06 bits per heavy atom. The third-order valence-corrected chi connectivity index (χ3v) is 13.8. The Hall–Kier alpha value is -8.78. The predicted octanol–water partition coefficient (Wildman–Crippen LogP) is 17.9. The van der Waals surface area contributed by atoms with Crippen LogP contribution in [0.5, 0.6) is 0 Å². The van der Waals surface area contributed by atoms with Crippen LogP contribution < -0.4 is 4.90 Å². The monoisotopic (exact) mass is 865 g/mol. The maximum absolute atomic E-state index is 2.52. The first-order chi connectivity index (χ1) is 33.7. The lowest BCUT2D eigenvalue weighted by Crippen LogP contribution is -2.28. The standard InChI is InChI=1S/C67H47N/c1-7-21-48(22-8-1)50-35-37-51(38-36-50)52-39-41-58(42-40-52)68(66-62(53-25-11-3-12-26-53)45-55(49-23-9-2-10-24-49)46-63(66)54-27-13-4-14-28-54)59-43-44-61-60-33-19-20-34-64(60)67(65(61)47-59,56-29-15-5-16-30-56)57-31-17-6-18-32-57/h1-47H. The van der Waals surface area contributed by atoms with Crippen molar-refractivity contribution < 1.29 is 0 Å². The average molecular weight is 866 g/mol. The topological polar surface area (TPSA) is 3.24 Å². The van der Waals surface area contributed by atoms with Crippen molar-refractivity contribution in [1.82, 2.24) is 0 Å². The molecule has 0 radical (unpaired) electrons. The molecule has 0 saturated heterocycles. The average Bonchev–Trinajstić information content (AvgIpc) is 3.73. The van der Waals surface area contributed by atoms with E-state index in [0.717, 1.165) is 50.4 Å². The first kappa shape index (κ1) is 40.7. The summed E-state index contributed by atoms with van der Waals surface area (Å²) in [7, 11) is 0. The molecule has 0 unspecified atom stereocenters. The zero-order valence-electron chi connectivity index (χ0n) is 37.6. The van der Waals surface area contributed by atoms with Crippen molar-refractivity contribution in [3.63, 3.8) is 0 Å². The molecule has 0 amide bonds. The predicted molar refractivity (Wildman–Crippen MR) is 286 cm³/mol. The molecule has 11 aromatic carbocycles. The number of rotatable bonds is 10. The van der Waals surface area contributed by atoms with Crippen LogP contribution in [0.2, 0.25) is 0 Å². The number of anilines is 3. The van der Waals surface area contributed by atoms with Crippen LogP contribution in [0, 0.1) is 0 Å². The van der Waals surface area contributed by atoms with Crippen LogP contribution in [0.25, 0.3) is 66.8 Å². The van der Waals surface area contributed by atoms with Gasteiger partial charge in [0, 0.05) is 22.5 Å². The van der Waals surface area contributed by atoms with E-state index in [2.05, 4.69) is 290 Å². The van der Waals surface area contributed by atoms with Gasteiger partial charge in [-0.25, -0.2) is 0 Å². The molecule has 0 bridgehead atoms. The second kappa shape index (κ2) is 17.5. The Kier molecular flexibility index (Phi) is 10.5. The summed E-state index contributed by atoms with van der Waals surface area (Å²) in [5, 5.41) is 0. The van der Waals surface area contributed by atoms with Crippen LogP contribution in [-0.2, 0) is 5.41 Å². The van der Waals surface area contributed by atoms with Gasteiger partial charge >= 0.3 is 0 Å². The molecule has 0 aromatic heterocycles. The van der Waals surface area contributed by atoms with Gasteiger partial charge in [0.2, 0.25) is 0 Å². The Bertz CT molecular complexity index is 3390. The van der Waals surface area contributed by atoms with E-state index in [4.69, 9.17) is 0 Å². The van der Waals surface area contributed by atoms with Crippen LogP contribution in [0.15, 0.2) is 285 Å². The van der Waals surface area contributed by atoms with Crippen molar-refractivity contribution in [2.24, 2.45) is 0 Å². The number of hydrogen-bond donors (Lipinski definition) is 0. The number of benzene rings is 11. The van der Waals surface area contributed by atoms with E-state index in [9.17, 15) is 0 Å². The molecule has 0 N–H and O–H groups in total. The van der Waals surface area contributed by atoms with E-state index in [1.54, 1.807) is 0 Å². The van der Waals surface area contributed by atoms with Crippen LogP contribution in [0.1, 0.15) is 22.3 Å². The largest absolute Gasteiger partial charge is 0.309 e. The molecule has 0 spiro atoms. The van der Waals surface area contributed by atoms with Gasteiger partial charge in [-0.15, -0.1) is 0 Å². The highest BCUT2D eigenvalue weighted by molar-refractivity contribution is 6.01. The second-order valence-electron chi connectivity index (χ2n) is 17.6. The Morgan fingerprint density at radius 1 is 0.221 bits per heavy atom. The molecule has 12 rings (SSSR count). The molecule has 0 fully saturated rings. The zero-order chi connectivity index (χ0) is 45.3. The van der Waals surface area contributed by atoms with Crippen molar-refractivity contribution in [3.8, 4) is 66.8 Å². The van der Waals surface area contributed by atoms with Gasteiger partial charge in [0.15, 0.2) is 0 Å². The van der Waals surface area contributed by atoms with Gasteiger partial charge in [0.1, 0.15) is 0 Å². The molecule has 1 nitrogen and oxygen atoms in total. The molecule has 68 heavy (non-hydrogen) atoms. The highest BCUT2D eigenvalue weighted by atomic mass is 15.1. The van der Waals surface area contributed by atoms with Gasteiger partial charge in [-0.1, -0.05) is 249 Å². The van der Waals surface area contributed by atoms with Crippen LogP contribution in [-0.4, -0.2) is 0 Å². The van der Waals surface area contributed by atoms with E-state index in [0.29, 0.717) is 0 Å². The molecular weight excluding hydrogens is 819 g/mol. The molecule has 1 aliphatic carbocycles. The Morgan fingerprint density at radius 2 is 0.574 bits per heavy atom. The number of nitrogens with zero attached hydrogens (tertiary/aromatic N) is 1. The summed E-state index contributed by atoms with van der Waals surface area (Å²) < 4.78 is 0. The normalized spacial score (nSPS) is 12.2. The highest BCUT2D eigenvalue weighted by Gasteiger charge is 2.46. The summed E-state index contributed by atoms with van der Waals surface area (Å²) in [5.41, 5.74) is 21.9. The highest BCUT2D eigenvalue weighted by Crippen LogP contribution is 2.58. The van der Waals surface area contributed by atoms with Gasteiger partial charge in [-0.05, 0) is 114 Å². The molecule has 0 aliphatic heterocycles. The Labute approximate surface area is 399 Å². The molecule has 0 atom stereocenters. The molecule has 0 heterocycles. The summed E-state index contributed by atoms with van der Waals surface area (Å²) in [6.45, 7) is 0. The first-order valence-corrected chi connectivity index (χ1v) is 23.5.